The maximum atomic E-state index is 10.9. The number of rotatable bonds is 4. The molecule has 0 aliphatic heterocycles. The van der Waals surface area contributed by atoms with Gasteiger partial charge in [-0.2, -0.15) is 0 Å². The highest BCUT2D eigenvalue weighted by atomic mass is 35.5. The van der Waals surface area contributed by atoms with Crippen LogP contribution in [0.5, 0.6) is 11.5 Å². The summed E-state index contributed by atoms with van der Waals surface area (Å²) in [5, 5.41) is 0.649. The molecule has 0 radical (unpaired) electrons. The van der Waals surface area contributed by atoms with E-state index in [1.807, 2.05) is 18.2 Å². The zero-order valence-electron chi connectivity index (χ0n) is 12.8. The number of carbonyl (C=O) groups excluding carboxylic acids is 1. The van der Waals surface area contributed by atoms with Crippen molar-refractivity contribution in [3.05, 3.63) is 64.7 Å². The second-order valence-corrected chi connectivity index (χ2v) is 4.98. The Morgan fingerprint density at radius 2 is 1.83 bits per heavy atom. The first-order chi connectivity index (χ1) is 11.2. The van der Waals surface area contributed by atoms with E-state index < -0.39 is 0 Å². The highest BCUT2D eigenvalue weighted by Gasteiger charge is 2.08. The molecule has 0 unspecified atom stereocenters. The van der Waals surface area contributed by atoms with Crippen LogP contribution in [0, 0.1) is 11.8 Å². The topological polar surface area (TPSA) is 35.5 Å². The first kappa shape index (κ1) is 16.7. The maximum absolute atomic E-state index is 10.9. The van der Waals surface area contributed by atoms with Crippen LogP contribution in [-0.2, 0) is 4.79 Å². The molecule has 3 nitrogen and oxygen atoms in total. The molecule has 0 N–H and O–H groups in total. The maximum Gasteiger partial charge on any atom is 0.144 e. The Morgan fingerprint density at radius 3 is 2.43 bits per heavy atom. The molecule has 0 bridgehead atoms. The summed E-state index contributed by atoms with van der Waals surface area (Å²) in [4.78, 5) is 10.9. The molecule has 0 heterocycles. The fourth-order valence-electron chi connectivity index (χ4n) is 1.96. The fraction of sp³-hybridized carbons (Fsp3) is 0.105. The van der Waals surface area contributed by atoms with Gasteiger partial charge in [0.15, 0.2) is 0 Å². The second-order valence-electron chi connectivity index (χ2n) is 4.54. The van der Waals surface area contributed by atoms with Crippen molar-refractivity contribution < 1.29 is 14.3 Å². The lowest BCUT2D eigenvalue weighted by Crippen LogP contribution is -1.93. The van der Waals surface area contributed by atoms with Crippen LogP contribution in [0.1, 0.15) is 11.1 Å². The summed E-state index contributed by atoms with van der Waals surface area (Å²) in [5.41, 5.74) is 2.09. The lowest BCUT2D eigenvalue weighted by atomic mass is 10.0. The molecule has 0 saturated heterocycles. The second kappa shape index (κ2) is 8.07. The molecule has 4 heteroatoms. The number of hydrogen-bond donors (Lipinski definition) is 0. The predicted octanol–water partition coefficient (Wildman–Crippen LogP) is 3.99. The van der Waals surface area contributed by atoms with Crippen LogP contribution >= 0.6 is 11.6 Å². The number of methoxy groups -OCH3 is 2. The summed E-state index contributed by atoms with van der Waals surface area (Å²) in [6.45, 7) is 0. The van der Waals surface area contributed by atoms with Gasteiger partial charge in [0.1, 0.15) is 17.8 Å². The van der Waals surface area contributed by atoms with Gasteiger partial charge in [-0.15, -0.1) is 0 Å². The molecule has 0 spiro atoms. The van der Waals surface area contributed by atoms with Crippen molar-refractivity contribution >= 4 is 23.5 Å². The van der Waals surface area contributed by atoms with E-state index >= 15 is 0 Å². The van der Waals surface area contributed by atoms with E-state index in [1.54, 1.807) is 38.5 Å². The molecule has 2 aromatic carbocycles. The molecule has 0 saturated carbocycles. The average Bonchev–Trinajstić information content (AvgIpc) is 2.59. The van der Waals surface area contributed by atoms with Crippen molar-refractivity contribution in [1.82, 2.24) is 0 Å². The molecular formula is C19H15ClO3. The summed E-state index contributed by atoms with van der Waals surface area (Å²) in [6, 6.07) is 12.5. The minimum Gasteiger partial charge on any atom is -0.497 e. The van der Waals surface area contributed by atoms with Gasteiger partial charge < -0.3 is 9.47 Å². The lowest BCUT2D eigenvalue weighted by Gasteiger charge is -2.09. The molecule has 2 aromatic rings. The highest BCUT2D eigenvalue weighted by molar-refractivity contribution is 6.30. The van der Waals surface area contributed by atoms with E-state index in [0.717, 1.165) is 11.1 Å². The molecule has 0 aromatic heterocycles. The predicted molar refractivity (Wildman–Crippen MR) is 91.9 cm³/mol. The molecule has 116 valence electrons. The van der Waals surface area contributed by atoms with Crippen LogP contribution in [0.25, 0.3) is 5.57 Å². The smallest absolute Gasteiger partial charge is 0.144 e. The number of aldehydes is 1. The summed E-state index contributed by atoms with van der Waals surface area (Å²) < 4.78 is 10.5. The number of benzene rings is 2. The van der Waals surface area contributed by atoms with Gasteiger partial charge in [-0.05, 0) is 42.5 Å². The van der Waals surface area contributed by atoms with Crippen molar-refractivity contribution in [2.75, 3.05) is 14.2 Å². The monoisotopic (exact) mass is 326 g/mol. The van der Waals surface area contributed by atoms with Gasteiger partial charge in [0.25, 0.3) is 0 Å². The van der Waals surface area contributed by atoms with Crippen molar-refractivity contribution in [2.45, 2.75) is 0 Å². The van der Waals surface area contributed by atoms with Crippen LogP contribution in [0.3, 0.4) is 0 Å². The van der Waals surface area contributed by atoms with E-state index in [-0.39, 0.29) is 0 Å². The van der Waals surface area contributed by atoms with E-state index in [1.165, 1.54) is 6.08 Å². The van der Waals surface area contributed by atoms with Crippen LogP contribution in [0.15, 0.2) is 48.5 Å². The third kappa shape index (κ3) is 4.38. The number of allylic oxidation sites excluding steroid dienone is 2. The van der Waals surface area contributed by atoms with Crippen molar-refractivity contribution in [3.63, 3.8) is 0 Å². The van der Waals surface area contributed by atoms with Crippen molar-refractivity contribution in [3.8, 4) is 23.3 Å². The van der Waals surface area contributed by atoms with E-state index in [0.29, 0.717) is 28.4 Å². The summed E-state index contributed by atoms with van der Waals surface area (Å²) >= 11 is 5.85. The normalized spacial score (nSPS) is 10.5. The molecule has 0 amide bonds. The number of ether oxygens (including phenoxy) is 2. The Balaban J connectivity index is 2.42. The Morgan fingerprint density at radius 1 is 1.09 bits per heavy atom. The molecule has 2 rings (SSSR count). The van der Waals surface area contributed by atoms with Gasteiger partial charge in [-0.3, -0.25) is 4.79 Å². The van der Waals surface area contributed by atoms with E-state index in [9.17, 15) is 4.79 Å². The molecule has 0 fully saturated rings. The zero-order valence-corrected chi connectivity index (χ0v) is 13.6. The first-order valence-corrected chi connectivity index (χ1v) is 7.21. The van der Waals surface area contributed by atoms with Gasteiger partial charge in [0, 0.05) is 27.8 Å². The number of halogens is 1. The first-order valence-electron chi connectivity index (χ1n) is 6.83. The zero-order chi connectivity index (χ0) is 16.7. The standard InChI is InChI=1S/C19H15ClO3/c1-22-17-9-10-18(19(13-17)23-2)15(11-12-21)6-3-14-4-7-16(20)8-5-14/h4-5,7-13H,1-2H3/b15-11+. The summed E-state index contributed by atoms with van der Waals surface area (Å²) in [7, 11) is 3.14. The van der Waals surface area contributed by atoms with E-state index in [2.05, 4.69) is 11.8 Å². The van der Waals surface area contributed by atoms with Crippen LogP contribution in [0.4, 0.5) is 0 Å². The SMILES string of the molecule is COc1ccc(/C(C#Cc2ccc(Cl)cc2)=C/C=O)c(OC)c1. The fourth-order valence-corrected chi connectivity index (χ4v) is 2.09. The Bertz CT molecular complexity index is 780. The molecule has 23 heavy (non-hydrogen) atoms. The molecule has 0 atom stereocenters. The van der Waals surface area contributed by atoms with Gasteiger partial charge in [0.2, 0.25) is 0 Å². The van der Waals surface area contributed by atoms with Crippen LogP contribution in [-0.4, -0.2) is 20.5 Å². The Labute approximate surface area is 140 Å². The molecular weight excluding hydrogens is 312 g/mol. The third-order valence-electron chi connectivity index (χ3n) is 3.12. The van der Waals surface area contributed by atoms with Gasteiger partial charge in [0.05, 0.1) is 14.2 Å². The quantitative estimate of drug-likeness (QED) is 0.484. The van der Waals surface area contributed by atoms with Gasteiger partial charge in [-0.1, -0.05) is 23.4 Å². The minimum absolute atomic E-state index is 0.564. The van der Waals surface area contributed by atoms with Gasteiger partial charge in [-0.25, -0.2) is 0 Å². The largest absolute Gasteiger partial charge is 0.497 e. The third-order valence-corrected chi connectivity index (χ3v) is 3.37. The van der Waals surface area contributed by atoms with Gasteiger partial charge >= 0.3 is 0 Å². The average molecular weight is 327 g/mol. The van der Waals surface area contributed by atoms with Crippen LogP contribution < -0.4 is 9.47 Å². The van der Waals surface area contributed by atoms with Crippen molar-refractivity contribution in [1.29, 1.82) is 0 Å². The molecule has 0 aliphatic rings. The lowest BCUT2D eigenvalue weighted by molar-refractivity contribution is -0.104. The Hall–Kier alpha value is -2.70. The number of carbonyl (C=O) groups is 1. The highest BCUT2D eigenvalue weighted by Crippen LogP contribution is 2.29. The molecule has 0 aliphatic carbocycles. The minimum atomic E-state index is 0.564. The summed E-state index contributed by atoms with van der Waals surface area (Å²) in [6.07, 6.45) is 2.11. The number of hydrogen-bond acceptors (Lipinski definition) is 3. The van der Waals surface area contributed by atoms with Crippen molar-refractivity contribution in [2.24, 2.45) is 0 Å². The Kier molecular flexibility index (Phi) is 5.85. The van der Waals surface area contributed by atoms with E-state index in [4.69, 9.17) is 21.1 Å². The summed E-state index contributed by atoms with van der Waals surface area (Å²) in [5.74, 6) is 7.27. The van der Waals surface area contributed by atoms with Crippen LogP contribution in [0.2, 0.25) is 5.02 Å².